The van der Waals surface area contributed by atoms with Crippen molar-refractivity contribution >= 4 is 17.7 Å². The zero-order valence-electron chi connectivity index (χ0n) is 24.2. The van der Waals surface area contributed by atoms with Gasteiger partial charge in [-0.1, -0.05) is 96.7 Å². The molecule has 1 amide bonds. The number of thioether (sulfide) groups is 1. The molecule has 6 rings (SSSR count). The molecule has 0 saturated carbocycles. The van der Waals surface area contributed by atoms with Crippen molar-refractivity contribution < 1.29 is 19.4 Å². The van der Waals surface area contributed by atoms with Crippen molar-refractivity contribution in [2.75, 3.05) is 5.75 Å². The van der Waals surface area contributed by atoms with Gasteiger partial charge in [-0.2, -0.15) is 0 Å². The summed E-state index contributed by atoms with van der Waals surface area (Å²) in [6.45, 7) is 0.438. The first-order valence-electron chi connectivity index (χ1n) is 14.4. The molecule has 0 spiro atoms. The normalized spacial score (nSPS) is 18.2. The lowest BCUT2D eigenvalue weighted by atomic mass is 9.99. The van der Waals surface area contributed by atoms with E-state index in [4.69, 9.17) is 9.47 Å². The van der Waals surface area contributed by atoms with E-state index in [0.717, 1.165) is 38.5 Å². The van der Waals surface area contributed by atoms with E-state index in [9.17, 15) is 9.90 Å². The molecule has 2 heterocycles. The number of aliphatic hydroxyl groups is 1. The van der Waals surface area contributed by atoms with Gasteiger partial charge in [-0.15, -0.1) is 5.10 Å². The Morgan fingerprint density at radius 2 is 1.68 bits per heavy atom. The number of aryl methyl sites for hydroxylation is 1. The van der Waals surface area contributed by atoms with Crippen LogP contribution in [0.1, 0.15) is 51.4 Å². The number of hydrogen-bond donors (Lipinski definition) is 2. The van der Waals surface area contributed by atoms with Crippen LogP contribution in [-0.4, -0.2) is 43.1 Å². The standard InChI is InChI=1S/C34H33N5O4S/c1-39-34(36-37-38-39)44-22-30-19-31(26-12-10-23(21-40)11-13-26)43-33(42-30)28-16-14-25(15-17-28)29-9-5-6-24(18-29)20-35-32(41)27-7-3-2-4-8-27/h2-18,30-31,33,40H,19-22H2,1H3,(H,35,41). The van der Waals surface area contributed by atoms with Crippen LogP contribution in [-0.2, 0) is 29.7 Å². The lowest BCUT2D eigenvalue weighted by Gasteiger charge is -2.36. The lowest BCUT2D eigenvalue weighted by molar-refractivity contribution is -0.245. The van der Waals surface area contributed by atoms with Gasteiger partial charge in [0.05, 0.1) is 18.8 Å². The van der Waals surface area contributed by atoms with Crippen LogP contribution in [0.25, 0.3) is 11.1 Å². The number of rotatable bonds is 10. The van der Waals surface area contributed by atoms with Crippen molar-refractivity contribution in [3.63, 3.8) is 0 Å². The van der Waals surface area contributed by atoms with Crippen LogP contribution < -0.4 is 5.32 Å². The Labute approximate surface area is 260 Å². The summed E-state index contributed by atoms with van der Waals surface area (Å²) in [5.74, 6) is 0.575. The highest BCUT2D eigenvalue weighted by Gasteiger charge is 2.32. The predicted molar refractivity (Wildman–Crippen MR) is 167 cm³/mol. The van der Waals surface area contributed by atoms with E-state index in [-0.39, 0.29) is 24.7 Å². The minimum atomic E-state index is -0.553. The number of aliphatic hydroxyl groups excluding tert-OH is 1. The minimum absolute atomic E-state index is 0.000120. The molecule has 1 aromatic heterocycles. The van der Waals surface area contributed by atoms with Crippen molar-refractivity contribution in [1.82, 2.24) is 25.5 Å². The zero-order chi connectivity index (χ0) is 30.3. The van der Waals surface area contributed by atoms with E-state index in [1.54, 1.807) is 28.6 Å². The van der Waals surface area contributed by atoms with Crippen molar-refractivity contribution in [2.24, 2.45) is 7.05 Å². The van der Waals surface area contributed by atoms with Gasteiger partial charge in [0, 0.05) is 36.9 Å². The van der Waals surface area contributed by atoms with Crippen molar-refractivity contribution in [3.05, 3.63) is 131 Å². The van der Waals surface area contributed by atoms with E-state index in [1.807, 2.05) is 73.8 Å². The minimum Gasteiger partial charge on any atom is -0.392 e. The zero-order valence-corrected chi connectivity index (χ0v) is 25.1. The Bertz CT molecular complexity index is 1680. The summed E-state index contributed by atoms with van der Waals surface area (Å²) in [6, 6.07) is 33.5. The number of tetrazole rings is 1. The Morgan fingerprint density at radius 3 is 2.41 bits per heavy atom. The monoisotopic (exact) mass is 607 g/mol. The first-order valence-corrected chi connectivity index (χ1v) is 15.4. The molecule has 10 heteroatoms. The van der Waals surface area contributed by atoms with Gasteiger partial charge in [0.2, 0.25) is 5.16 Å². The van der Waals surface area contributed by atoms with E-state index in [0.29, 0.717) is 24.3 Å². The quantitative estimate of drug-likeness (QED) is 0.196. The lowest BCUT2D eigenvalue weighted by Crippen LogP contribution is -2.31. The second-order valence-corrected chi connectivity index (χ2v) is 11.6. The molecule has 0 radical (unpaired) electrons. The number of hydrogen-bond acceptors (Lipinski definition) is 8. The second-order valence-electron chi connectivity index (χ2n) is 10.6. The number of carbonyl (C=O) groups is 1. The molecule has 1 aliphatic rings. The van der Waals surface area contributed by atoms with Crippen LogP contribution in [0, 0.1) is 0 Å². The van der Waals surface area contributed by atoms with E-state index >= 15 is 0 Å². The second kappa shape index (κ2) is 14.0. The number of nitrogens with one attached hydrogen (secondary N) is 1. The highest BCUT2D eigenvalue weighted by Crippen LogP contribution is 2.39. The number of nitrogens with zero attached hydrogens (tertiary/aromatic N) is 4. The number of benzene rings is 4. The third kappa shape index (κ3) is 7.23. The summed E-state index contributed by atoms with van der Waals surface area (Å²) < 4.78 is 14.6. The van der Waals surface area contributed by atoms with E-state index < -0.39 is 6.29 Å². The Kier molecular flexibility index (Phi) is 9.43. The largest absolute Gasteiger partial charge is 0.392 e. The maximum Gasteiger partial charge on any atom is 0.251 e. The van der Waals surface area contributed by atoms with Crippen LogP contribution in [0.5, 0.6) is 0 Å². The molecule has 4 aromatic carbocycles. The number of carbonyl (C=O) groups excluding carboxylic acids is 1. The van der Waals surface area contributed by atoms with Gasteiger partial charge < -0.3 is 19.9 Å². The predicted octanol–water partition coefficient (Wildman–Crippen LogP) is 5.64. The van der Waals surface area contributed by atoms with Gasteiger partial charge in [-0.3, -0.25) is 4.79 Å². The average Bonchev–Trinajstić information content (AvgIpc) is 3.51. The smallest absolute Gasteiger partial charge is 0.251 e. The van der Waals surface area contributed by atoms with E-state index in [1.165, 1.54) is 0 Å². The van der Waals surface area contributed by atoms with Gasteiger partial charge >= 0.3 is 0 Å². The topological polar surface area (TPSA) is 111 Å². The highest BCUT2D eigenvalue weighted by molar-refractivity contribution is 7.99. The molecule has 224 valence electrons. The summed E-state index contributed by atoms with van der Waals surface area (Å²) in [6.07, 6.45) is -0.144. The summed E-state index contributed by atoms with van der Waals surface area (Å²) in [7, 11) is 1.82. The Hall–Kier alpha value is -4.35. The molecule has 1 aliphatic heterocycles. The Morgan fingerprint density at radius 1 is 0.909 bits per heavy atom. The first-order chi connectivity index (χ1) is 21.6. The third-order valence-corrected chi connectivity index (χ3v) is 8.67. The molecule has 2 N–H and O–H groups in total. The number of ether oxygens (including phenoxy) is 2. The number of aromatic nitrogens is 4. The summed E-state index contributed by atoms with van der Waals surface area (Å²) in [4.78, 5) is 12.5. The van der Waals surface area contributed by atoms with Gasteiger partial charge in [0.25, 0.3) is 5.91 Å². The number of amides is 1. The van der Waals surface area contributed by atoms with Gasteiger partial charge in [0.1, 0.15) is 0 Å². The fourth-order valence-corrected chi connectivity index (χ4v) is 5.97. The van der Waals surface area contributed by atoms with Crippen LogP contribution in [0.2, 0.25) is 0 Å². The van der Waals surface area contributed by atoms with Crippen LogP contribution in [0.15, 0.2) is 108 Å². The van der Waals surface area contributed by atoms with Crippen molar-refractivity contribution in [1.29, 1.82) is 0 Å². The van der Waals surface area contributed by atoms with Crippen molar-refractivity contribution in [3.8, 4) is 11.1 Å². The highest BCUT2D eigenvalue weighted by atomic mass is 32.2. The molecular weight excluding hydrogens is 574 g/mol. The van der Waals surface area contributed by atoms with Gasteiger partial charge in [-0.25, -0.2) is 4.68 Å². The van der Waals surface area contributed by atoms with Crippen LogP contribution in [0.3, 0.4) is 0 Å². The van der Waals surface area contributed by atoms with Crippen LogP contribution in [0.4, 0.5) is 0 Å². The van der Waals surface area contributed by atoms with Gasteiger partial charge in [0.15, 0.2) is 6.29 Å². The third-order valence-electron chi connectivity index (χ3n) is 7.53. The molecule has 1 fully saturated rings. The maximum absolute atomic E-state index is 12.5. The van der Waals surface area contributed by atoms with Gasteiger partial charge in [-0.05, 0) is 56.4 Å². The SMILES string of the molecule is Cn1nnnc1SCC1CC(c2ccc(CO)cc2)OC(c2ccc(-c3cccc(CNC(=O)c4ccccc4)c3)cc2)O1. The van der Waals surface area contributed by atoms with Crippen LogP contribution >= 0.6 is 11.8 Å². The molecule has 1 saturated heterocycles. The first kappa shape index (κ1) is 29.7. The molecule has 3 atom stereocenters. The fourth-order valence-electron chi connectivity index (χ4n) is 5.10. The summed E-state index contributed by atoms with van der Waals surface area (Å²) >= 11 is 1.55. The molecular formula is C34H33N5O4S. The molecule has 5 aromatic rings. The molecule has 44 heavy (non-hydrogen) atoms. The molecule has 9 nitrogen and oxygen atoms in total. The van der Waals surface area contributed by atoms with Crippen molar-refractivity contribution in [2.45, 2.75) is 43.2 Å². The molecule has 3 unspecified atom stereocenters. The average molecular weight is 608 g/mol. The maximum atomic E-state index is 12.5. The summed E-state index contributed by atoms with van der Waals surface area (Å²) in [5, 5.41) is 24.9. The Balaban J connectivity index is 1.16. The van der Waals surface area contributed by atoms with E-state index in [2.05, 4.69) is 45.1 Å². The molecule has 0 aliphatic carbocycles. The summed E-state index contributed by atoms with van der Waals surface area (Å²) in [5.41, 5.74) is 6.59. The molecule has 0 bridgehead atoms. The fraction of sp³-hybridized carbons (Fsp3) is 0.235.